The van der Waals surface area contributed by atoms with Gasteiger partial charge in [0.05, 0.1) is 21.8 Å². The van der Waals surface area contributed by atoms with Crippen LogP contribution < -0.4 is 4.90 Å². The van der Waals surface area contributed by atoms with E-state index in [2.05, 4.69) is 0 Å². The van der Waals surface area contributed by atoms with Gasteiger partial charge in [-0.05, 0) is 74.1 Å². The highest BCUT2D eigenvalue weighted by molar-refractivity contribution is 8.19. The quantitative estimate of drug-likeness (QED) is 0.300. The zero-order valence-corrected chi connectivity index (χ0v) is 20.5. The van der Waals surface area contributed by atoms with E-state index in [1.807, 2.05) is 62.4 Å². The van der Waals surface area contributed by atoms with Gasteiger partial charge >= 0.3 is 5.97 Å². The molecule has 2 heterocycles. The van der Waals surface area contributed by atoms with Gasteiger partial charge in [0.2, 0.25) is 0 Å². The van der Waals surface area contributed by atoms with E-state index in [0.717, 1.165) is 22.5 Å². The van der Waals surface area contributed by atoms with E-state index in [9.17, 15) is 14.7 Å². The lowest BCUT2D eigenvalue weighted by molar-refractivity contribution is -0.113. The second-order valence-electron chi connectivity index (χ2n) is 8.40. The normalized spacial score (nSPS) is 15.7. The van der Waals surface area contributed by atoms with E-state index >= 15 is 0 Å². The van der Waals surface area contributed by atoms with E-state index in [-0.39, 0.29) is 11.5 Å². The van der Waals surface area contributed by atoms with Crippen molar-refractivity contribution in [1.29, 1.82) is 0 Å². The molecule has 1 aliphatic heterocycles. The predicted octanol–water partition coefficient (Wildman–Crippen LogP) is 7.07. The van der Waals surface area contributed by atoms with Gasteiger partial charge in [-0.25, -0.2) is 9.79 Å². The summed E-state index contributed by atoms with van der Waals surface area (Å²) in [7, 11) is 0. The third-order valence-corrected chi connectivity index (χ3v) is 6.62. The Bertz CT molecular complexity index is 1520. The number of carboxylic acid groups (broad SMARTS) is 1. The smallest absolute Gasteiger partial charge is 0.335 e. The van der Waals surface area contributed by atoms with Gasteiger partial charge in [0.25, 0.3) is 5.91 Å². The SMILES string of the molecule is Cc1ccc(N=C2S/C(=C/c3ccc(-c4cccc(C(=O)O)c4)o3)C(=O)N2c2ccc(C)cc2)cc1. The number of rotatable bonds is 5. The lowest BCUT2D eigenvalue weighted by Gasteiger charge is -2.16. The topological polar surface area (TPSA) is 83.1 Å². The number of aliphatic imine (C=N–C) groups is 1. The lowest BCUT2D eigenvalue weighted by Crippen LogP contribution is -2.28. The van der Waals surface area contributed by atoms with Crippen molar-refractivity contribution in [2.75, 3.05) is 4.90 Å². The van der Waals surface area contributed by atoms with Crippen molar-refractivity contribution in [3.63, 3.8) is 0 Å². The van der Waals surface area contributed by atoms with Crippen LogP contribution in [0.5, 0.6) is 0 Å². The van der Waals surface area contributed by atoms with Crippen molar-refractivity contribution in [2.45, 2.75) is 13.8 Å². The first-order valence-electron chi connectivity index (χ1n) is 11.3. The number of amidine groups is 1. The molecule has 1 fully saturated rings. The molecule has 0 spiro atoms. The zero-order chi connectivity index (χ0) is 25.2. The number of hydrogen-bond donors (Lipinski definition) is 1. The summed E-state index contributed by atoms with van der Waals surface area (Å²) in [5, 5.41) is 9.82. The number of aromatic carboxylic acids is 1. The van der Waals surface area contributed by atoms with Crippen LogP contribution in [0.15, 0.2) is 99.2 Å². The fourth-order valence-corrected chi connectivity index (χ4v) is 4.70. The second kappa shape index (κ2) is 9.71. The zero-order valence-electron chi connectivity index (χ0n) is 19.6. The first kappa shape index (κ1) is 23.4. The number of hydrogen-bond acceptors (Lipinski definition) is 5. The number of nitrogens with zero attached hydrogens (tertiary/aromatic N) is 2. The Morgan fingerprint density at radius 3 is 2.33 bits per heavy atom. The first-order valence-corrected chi connectivity index (χ1v) is 12.1. The van der Waals surface area contributed by atoms with E-state index in [1.54, 1.807) is 41.3 Å². The molecule has 3 aromatic carbocycles. The summed E-state index contributed by atoms with van der Waals surface area (Å²) in [6, 6.07) is 25.6. The Labute approximate surface area is 212 Å². The number of furan rings is 1. The molecule has 0 bridgehead atoms. The Morgan fingerprint density at radius 2 is 1.64 bits per heavy atom. The highest BCUT2D eigenvalue weighted by Gasteiger charge is 2.35. The Kier molecular flexibility index (Phi) is 6.31. The average molecular weight is 495 g/mol. The molecular formula is C29H22N2O4S. The van der Waals surface area contributed by atoms with Crippen LogP contribution >= 0.6 is 11.8 Å². The van der Waals surface area contributed by atoms with Gasteiger partial charge in [-0.1, -0.05) is 47.5 Å². The summed E-state index contributed by atoms with van der Waals surface area (Å²) in [6.07, 6.45) is 1.69. The minimum atomic E-state index is -1.00. The Hall–Kier alpha value is -4.36. The molecule has 0 radical (unpaired) electrons. The maximum Gasteiger partial charge on any atom is 0.335 e. The third-order valence-electron chi connectivity index (χ3n) is 5.65. The van der Waals surface area contributed by atoms with Gasteiger partial charge in [0, 0.05) is 11.6 Å². The molecule has 0 aliphatic carbocycles. The fraction of sp³-hybridized carbons (Fsp3) is 0.0690. The maximum absolute atomic E-state index is 13.5. The number of amides is 1. The van der Waals surface area contributed by atoms with E-state index in [0.29, 0.717) is 27.2 Å². The van der Waals surface area contributed by atoms with Gasteiger partial charge < -0.3 is 9.52 Å². The van der Waals surface area contributed by atoms with Crippen LogP contribution in [-0.4, -0.2) is 22.2 Å². The van der Waals surface area contributed by atoms with Crippen LogP contribution in [0.4, 0.5) is 11.4 Å². The number of carbonyl (C=O) groups excluding carboxylic acids is 1. The summed E-state index contributed by atoms with van der Waals surface area (Å²) >= 11 is 1.28. The largest absolute Gasteiger partial charge is 0.478 e. The molecule has 1 saturated heterocycles. The number of carbonyl (C=O) groups is 2. The molecule has 36 heavy (non-hydrogen) atoms. The van der Waals surface area contributed by atoms with Crippen molar-refractivity contribution in [3.8, 4) is 11.3 Å². The van der Waals surface area contributed by atoms with Crippen LogP contribution in [0, 0.1) is 13.8 Å². The molecule has 0 saturated carbocycles. The summed E-state index contributed by atoms with van der Waals surface area (Å²) in [5.74, 6) is -0.192. The molecule has 1 aliphatic rings. The summed E-state index contributed by atoms with van der Waals surface area (Å²) in [6.45, 7) is 4.01. The molecule has 6 nitrogen and oxygen atoms in total. The fourth-order valence-electron chi connectivity index (χ4n) is 3.72. The maximum atomic E-state index is 13.5. The number of aryl methyl sites for hydroxylation is 2. The molecule has 0 unspecified atom stereocenters. The molecule has 0 atom stereocenters. The molecule has 1 amide bonds. The molecule has 5 rings (SSSR count). The third kappa shape index (κ3) is 4.87. The molecule has 1 N–H and O–H groups in total. The number of thioether (sulfide) groups is 1. The van der Waals surface area contributed by atoms with Crippen molar-refractivity contribution in [2.24, 2.45) is 4.99 Å². The number of anilines is 1. The van der Waals surface area contributed by atoms with E-state index in [4.69, 9.17) is 9.41 Å². The first-order chi connectivity index (χ1) is 17.4. The minimum Gasteiger partial charge on any atom is -0.478 e. The highest BCUT2D eigenvalue weighted by Crippen LogP contribution is 2.38. The van der Waals surface area contributed by atoms with E-state index < -0.39 is 5.97 Å². The van der Waals surface area contributed by atoms with Gasteiger partial charge in [0.15, 0.2) is 5.17 Å². The van der Waals surface area contributed by atoms with Crippen molar-refractivity contribution < 1.29 is 19.1 Å². The summed E-state index contributed by atoms with van der Waals surface area (Å²) in [4.78, 5) is 31.6. The van der Waals surface area contributed by atoms with Gasteiger partial charge in [-0.15, -0.1) is 0 Å². The van der Waals surface area contributed by atoms with Crippen molar-refractivity contribution in [3.05, 3.63) is 112 Å². The minimum absolute atomic E-state index is 0.177. The molecule has 7 heteroatoms. The van der Waals surface area contributed by atoms with Gasteiger partial charge in [0.1, 0.15) is 11.5 Å². The Morgan fingerprint density at radius 1 is 0.944 bits per heavy atom. The molecular weight excluding hydrogens is 472 g/mol. The Balaban J connectivity index is 1.50. The van der Waals surface area contributed by atoms with Gasteiger partial charge in [-0.2, -0.15) is 0 Å². The van der Waals surface area contributed by atoms with E-state index in [1.165, 1.54) is 17.8 Å². The molecule has 1 aromatic heterocycles. The second-order valence-corrected chi connectivity index (χ2v) is 9.41. The molecule has 4 aromatic rings. The predicted molar refractivity (Wildman–Crippen MR) is 144 cm³/mol. The number of carboxylic acids is 1. The van der Waals surface area contributed by atoms with Crippen LogP contribution in [-0.2, 0) is 4.79 Å². The number of benzene rings is 3. The summed E-state index contributed by atoms with van der Waals surface area (Å²) in [5.41, 5.74) is 4.54. The van der Waals surface area contributed by atoms with Crippen LogP contribution in [0.1, 0.15) is 27.2 Å². The van der Waals surface area contributed by atoms with Crippen LogP contribution in [0.2, 0.25) is 0 Å². The monoisotopic (exact) mass is 494 g/mol. The van der Waals surface area contributed by atoms with Gasteiger partial charge in [-0.3, -0.25) is 9.69 Å². The molecule has 178 valence electrons. The van der Waals surface area contributed by atoms with Crippen molar-refractivity contribution in [1.82, 2.24) is 0 Å². The summed E-state index contributed by atoms with van der Waals surface area (Å²) < 4.78 is 5.94. The standard InChI is InChI=1S/C29H22N2O4S/c1-18-6-10-22(11-7-18)30-29-31(23-12-8-19(2)9-13-23)27(32)26(36-29)17-24-14-15-25(35-24)20-4-3-5-21(16-20)28(33)34/h3-17H,1-2H3,(H,33,34)/b26-17+,30-29?. The van der Waals surface area contributed by atoms with Crippen LogP contribution in [0.3, 0.4) is 0 Å². The van der Waals surface area contributed by atoms with Crippen LogP contribution in [0.25, 0.3) is 17.4 Å². The lowest BCUT2D eigenvalue weighted by atomic mass is 10.1. The highest BCUT2D eigenvalue weighted by atomic mass is 32.2. The average Bonchev–Trinajstić information content (AvgIpc) is 3.46. The van der Waals surface area contributed by atoms with Crippen molar-refractivity contribution >= 4 is 46.3 Å².